The van der Waals surface area contributed by atoms with Crippen LogP contribution in [0.2, 0.25) is 0 Å². The molecular weight excluding hydrogens is 334 g/mol. The Bertz CT molecular complexity index is 560. The third-order valence-corrected chi connectivity index (χ3v) is 4.22. The molecule has 0 radical (unpaired) electrons. The number of anilines is 1. The van der Waals surface area contributed by atoms with Crippen LogP contribution in [0.5, 0.6) is 0 Å². The molecule has 0 fully saturated rings. The maximum Gasteiger partial charge on any atom is 0.243 e. The van der Waals surface area contributed by atoms with Crippen LogP contribution in [0, 0.1) is 0 Å². The van der Waals surface area contributed by atoms with E-state index in [9.17, 15) is 13.2 Å². The fraction of sp³-hybridized carbons (Fsp3) is 0.364. The van der Waals surface area contributed by atoms with Crippen molar-refractivity contribution >= 4 is 37.5 Å². The molecule has 0 atom stereocenters. The third kappa shape index (κ3) is 4.81. The summed E-state index contributed by atoms with van der Waals surface area (Å²) in [7, 11) is -3.78. The van der Waals surface area contributed by atoms with Gasteiger partial charge in [-0.25, -0.2) is 13.1 Å². The van der Waals surface area contributed by atoms with Gasteiger partial charge in [0.15, 0.2) is 0 Å². The zero-order chi connectivity index (χ0) is 14.5. The molecule has 0 aliphatic rings. The number of nitrogens with two attached hydrogens (primary N) is 1. The second kappa shape index (κ2) is 6.88. The first-order valence-electron chi connectivity index (χ1n) is 5.68. The van der Waals surface area contributed by atoms with Crippen molar-refractivity contribution in [2.24, 2.45) is 0 Å². The summed E-state index contributed by atoms with van der Waals surface area (Å²) in [4.78, 5) is 11.3. The van der Waals surface area contributed by atoms with Crippen molar-refractivity contribution in [2.45, 2.75) is 18.2 Å². The van der Waals surface area contributed by atoms with Crippen LogP contribution in [0.25, 0.3) is 0 Å². The largest absolute Gasteiger partial charge is 0.398 e. The number of halogens is 1. The fourth-order valence-electron chi connectivity index (χ4n) is 1.33. The number of benzene rings is 1. The molecule has 0 saturated heterocycles. The molecule has 0 bridgehead atoms. The Hall–Kier alpha value is -1.12. The van der Waals surface area contributed by atoms with Crippen molar-refractivity contribution in [2.75, 3.05) is 18.8 Å². The first-order valence-corrected chi connectivity index (χ1v) is 7.96. The normalized spacial score (nSPS) is 11.3. The lowest BCUT2D eigenvalue weighted by molar-refractivity contribution is -0.119. The zero-order valence-corrected chi connectivity index (χ0v) is 12.8. The Morgan fingerprint density at radius 3 is 2.68 bits per heavy atom. The van der Waals surface area contributed by atoms with Crippen LogP contribution >= 0.6 is 15.9 Å². The number of nitrogen functional groups attached to an aromatic ring is 1. The molecule has 1 aromatic carbocycles. The smallest absolute Gasteiger partial charge is 0.243 e. The summed E-state index contributed by atoms with van der Waals surface area (Å²) >= 11 is 3.19. The molecule has 6 nitrogen and oxygen atoms in total. The summed E-state index contributed by atoms with van der Waals surface area (Å²) < 4.78 is 26.8. The van der Waals surface area contributed by atoms with E-state index in [2.05, 4.69) is 26.0 Å². The van der Waals surface area contributed by atoms with Crippen LogP contribution in [-0.4, -0.2) is 27.4 Å². The summed E-state index contributed by atoms with van der Waals surface area (Å²) in [5, 5.41) is 2.58. The Morgan fingerprint density at radius 2 is 2.11 bits per heavy atom. The van der Waals surface area contributed by atoms with Gasteiger partial charge in [0, 0.05) is 11.0 Å². The van der Waals surface area contributed by atoms with E-state index in [1.807, 2.05) is 6.92 Å². The van der Waals surface area contributed by atoms with Gasteiger partial charge in [-0.2, -0.15) is 0 Å². The molecule has 0 spiro atoms. The average molecular weight is 350 g/mol. The Labute approximate surface area is 120 Å². The van der Waals surface area contributed by atoms with Crippen LogP contribution in [0.1, 0.15) is 13.3 Å². The lowest BCUT2D eigenvalue weighted by atomic mass is 10.3. The van der Waals surface area contributed by atoms with Crippen molar-refractivity contribution in [1.29, 1.82) is 0 Å². The predicted molar refractivity (Wildman–Crippen MR) is 77.0 cm³/mol. The SMILES string of the molecule is CCCNC(=O)CNS(=O)(=O)c1ccc(Br)cc1N. The minimum Gasteiger partial charge on any atom is -0.398 e. The van der Waals surface area contributed by atoms with E-state index in [0.29, 0.717) is 11.0 Å². The predicted octanol–water partition coefficient (Wildman–Crippen LogP) is 0.836. The van der Waals surface area contributed by atoms with Crippen molar-refractivity contribution in [1.82, 2.24) is 10.0 Å². The summed E-state index contributed by atoms with van der Waals surface area (Å²) in [6.07, 6.45) is 0.790. The first kappa shape index (κ1) is 15.9. The van der Waals surface area contributed by atoms with Gasteiger partial charge in [0.05, 0.1) is 12.2 Å². The molecule has 1 aromatic rings. The zero-order valence-electron chi connectivity index (χ0n) is 10.4. The van der Waals surface area contributed by atoms with E-state index in [0.717, 1.165) is 6.42 Å². The maximum atomic E-state index is 12.0. The molecule has 1 rings (SSSR count). The monoisotopic (exact) mass is 349 g/mol. The van der Waals surface area contributed by atoms with E-state index in [1.165, 1.54) is 12.1 Å². The van der Waals surface area contributed by atoms with Crippen molar-refractivity contribution < 1.29 is 13.2 Å². The number of carbonyl (C=O) groups excluding carboxylic acids is 1. The van der Waals surface area contributed by atoms with Gasteiger partial charge >= 0.3 is 0 Å². The van der Waals surface area contributed by atoms with Gasteiger partial charge in [-0.15, -0.1) is 0 Å². The number of nitrogens with one attached hydrogen (secondary N) is 2. The van der Waals surface area contributed by atoms with Crippen LogP contribution in [0.15, 0.2) is 27.6 Å². The summed E-state index contributed by atoms with van der Waals surface area (Å²) in [6.45, 7) is 2.12. The second-order valence-corrected chi connectivity index (χ2v) is 6.51. The summed E-state index contributed by atoms with van der Waals surface area (Å²) in [5.74, 6) is -0.374. The third-order valence-electron chi connectivity index (χ3n) is 2.26. The van der Waals surface area contributed by atoms with Gasteiger partial charge in [-0.05, 0) is 24.6 Å². The van der Waals surface area contributed by atoms with E-state index >= 15 is 0 Å². The van der Waals surface area contributed by atoms with E-state index in [1.54, 1.807) is 6.07 Å². The van der Waals surface area contributed by atoms with Gasteiger partial charge in [0.1, 0.15) is 4.90 Å². The summed E-state index contributed by atoms with van der Waals surface area (Å²) in [6, 6.07) is 4.44. The number of hydrogen-bond donors (Lipinski definition) is 3. The minimum absolute atomic E-state index is 0.0426. The average Bonchev–Trinajstić information content (AvgIpc) is 2.33. The number of carbonyl (C=O) groups is 1. The number of sulfonamides is 1. The van der Waals surface area contributed by atoms with Gasteiger partial charge in [-0.3, -0.25) is 4.79 Å². The highest BCUT2D eigenvalue weighted by molar-refractivity contribution is 9.10. The molecule has 0 unspecified atom stereocenters. The highest BCUT2D eigenvalue weighted by atomic mass is 79.9. The molecule has 8 heteroatoms. The lowest BCUT2D eigenvalue weighted by Crippen LogP contribution is -2.37. The van der Waals surface area contributed by atoms with Gasteiger partial charge < -0.3 is 11.1 Å². The molecule has 19 heavy (non-hydrogen) atoms. The standard InChI is InChI=1S/C11H16BrN3O3S/c1-2-5-14-11(16)7-15-19(17,18)10-4-3-8(12)6-9(10)13/h3-4,6,15H,2,5,7,13H2,1H3,(H,14,16). The van der Waals surface area contributed by atoms with Crippen molar-refractivity contribution in [3.8, 4) is 0 Å². The molecule has 0 aromatic heterocycles. The van der Waals surface area contributed by atoms with Crippen LogP contribution in [0.4, 0.5) is 5.69 Å². The lowest BCUT2D eigenvalue weighted by Gasteiger charge is -2.09. The van der Waals surface area contributed by atoms with Crippen LogP contribution in [-0.2, 0) is 14.8 Å². The second-order valence-electron chi connectivity index (χ2n) is 3.86. The van der Waals surface area contributed by atoms with Gasteiger partial charge in [0.25, 0.3) is 0 Å². The Kier molecular flexibility index (Phi) is 5.77. The topological polar surface area (TPSA) is 101 Å². The quantitative estimate of drug-likeness (QED) is 0.662. The van der Waals surface area contributed by atoms with E-state index in [4.69, 9.17) is 5.73 Å². The van der Waals surface area contributed by atoms with E-state index in [-0.39, 0.29) is 23.0 Å². The highest BCUT2D eigenvalue weighted by Gasteiger charge is 2.18. The van der Waals surface area contributed by atoms with Crippen molar-refractivity contribution in [3.05, 3.63) is 22.7 Å². The Balaban J connectivity index is 2.73. The number of hydrogen-bond acceptors (Lipinski definition) is 4. The molecule has 0 aliphatic carbocycles. The molecule has 4 N–H and O–H groups in total. The van der Waals surface area contributed by atoms with Crippen LogP contribution in [0.3, 0.4) is 0 Å². The Morgan fingerprint density at radius 1 is 1.42 bits per heavy atom. The van der Waals surface area contributed by atoms with E-state index < -0.39 is 10.0 Å². The van der Waals surface area contributed by atoms with Crippen molar-refractivity contribution in [3.63, 3.8) is 0 Å². The molecule has 0 heterocycles. The maximum absolute atomic E-state index is 12.0. The molecular formula is C11H16BrN3O3S. The number of rotatable bonds is 6. The number of amides is 1. The minimum atomic E-state index is -3.78. The van der Waals surface area contributed by atoms with Crippen LogP contribution < -0.4 is 15.8 Å². The van der Waals surface area contributed by atoms with Gasteiger partial charge in [-0.1, -0.05) is 22.9 Å². The highest BCUT2D eigenvalue weighted by Crippen LogP contribution is 2.22. The first-order chi connectivity index (χ1) is 8.86. The molecule has 0 saturated carbocycles. The molecule has 0 aliphatic heterocycles. The van der Waals surface area contributed by atoms with Gasteiger partial charge in [0.2, 0.25) is 15.9 Å². The summed E-state index contributed by atoms with van der Waals surface area (Å²) in [5.41, 5.74) is 5.77. The fourth-order valence-corrected chi connectivity index (χ4v) is 2.80. The molecule has 1 amide bonds. The molecule has 106 valence electrons.